The van der Waals surface area contributed by atoms with Crippen LogP contribution in [0.2, 0.25) is 0 Å². The number of Topliss-reactive ketones (excluding diaryl/α,β-unsaturated/α-hetero) is 1. The maximum absolute atomic E-state index is 12.7. The smallest absolute Gasteiger partial charge is 0.407 e. The Hall–Kier alpha value is -1.04. The highest BCUT2D eigenvalue weighted by Crippen LogP contribution is 2.25. The molecule has 8 heteroatoms. The van der Waals surface area contributed by atoms with Gasteiger partial charge in [0.1, 0.15) is 12.4 Å². The lowest BCUT2D eigenvalue weighted by molar-refractivity contribution is 0.0981. The minimum Gasteiger partial charge on any atom is -0.445 e. The van der Waals surface area contributed by atoms with Crippen LogP contribution in [-0.2, 0) is 4.74 Å². The van der Waals surface area contributed by atoms with Crippen molar-refractivity contribution in [3.05, 3.63) is 35.6 Å². The van der Waals surface area contributed by atoms with Crippen molar-refractivity contribution < 1.29 is 18.7 Å². The number of hydrogen-bond donors (Lipinski definition) is 1. The van der Waals surface area contributed by atoms with Crippen molar-refractivity contribution in [3.8, 4) is 0 Å². The largest absolute Gasteiger partial charge is 0.445 e. The van der Waals surface area contributed by atoms with E-state index in [9.17, 15) is 14.0 Å². The summed E-state index contributed by atoms with van der Waals surface area (Å²) in [6.45, 7) is -0.329. The number of alkyl carbamates (subject to hydrolysis) is 1. The van der Waals surface area contributed by atoms with Crippen LogP contribution in [-0.4, -0.2) is 28.8 Å². The van der Waals surface area contributed by atoms with E-state index in [0.29, 0.717) is 5.56 Å². The summed E-state index contributed by atoms with van der Waals surface area (Å²) in [5.74, 6) is -0.651. The molecule has 0 aliphatic heterocycles. The van der Waals surface area contributed by atoms with Crippen molar-refractivity contribution in [2.75, 3.05) is 13.2 Å². The van der Waals surface area contributed by atoms with Gasteiger partial charge >= 0.3 is 6.09 Å². The molecule has 0 aliphatic carbocycles. The van der Waals surface area contributed by atoms with Crippen LogP contribution in [0.1, 0.15) is 16.8 Å². The monoisotopic (exact) mass is 341 g/mol. The highest BCUT2D eigenvalue weighted by Gasteiger charge is 2.22. The summed E-state index contributed by atoms with van der Waals surface area (Å²) in [5.41, 5.74) is 0.364. The molecular formula is C12H11Cl3FNO3. The number of rotatable bonds is 5. The maximum Gasteiger partial charge on any atom is 0.407 e. The topological polar surface area (TPSA) is 55.4 Å². The first-order valence-electron chi connectivity index (χ1n) is 5.54. The zero-order chi connectivity index (χ0) is 15.2. The number of ketones is 1. The van der Waals surface area contributed by atoms with Gasteiger partial charge in [0.25, 0.3) is 0 Å². The second-order valence-corrected chi connectivity index (χ2v) is 6.31. The quantitative estimate of drug-likeness (QED) is 0.658. The zero-order valence-electron chi connectivity index (χ0n) is 10.2. The fourth-order valence-electron chi connectivity index (χ4n) is 1.26. The highest BCUT2D eigenvalue weighted by molar-refractivity contribution is 6.67. The van der Waals surface area contributed by atoms with Crippen LogP contribution in [0.5, 0.6) is 0 Å². The lowest BCUT2D eigenvalue weighted by Crippen LogP contribution is -2.29. The zero-order valence-corrected chi connectivity index (χ0v) is 12.4. The van der Waals surface area contributed by atoms with E-state index >= 15 is 0 Å². The number of carbonyl (C=O) groups is 2. The number of amides is 1. The van der Waals surface area contributed by atoms with Crippen molar-refractivity contribution in [1.82, 2.24) is 5.32 Å². The first-order valence-corrected chi connectivity index (χ1v) is 6.67. The second kappa shape index (κ2) is 7.67. The van der Waals surface area contributed by atoms with Gasteiger partial charge in [0.15, 0.2) is 5.78 Å². The summed E-state index contributed by atoms with van der Waals surface area (Å²) < 4.78 is 15.6. The summed E-state index contributed by atoms with van der Waals surface area (Å²) in [7, 11) is 0. The van der Waals surface area contributed by atoms with Gasteiger partial charge < -0.3 is 10.1 Å². The van der Waals surface area contributed by atoms with Crippen molar-refractivity contribution in [2.45, 2.75) is 10.2 Å². The van der Waals surface area contributed by atoms with Gasteiger partial charge in [0.05, 0.1) is 0 Å². The van der Waals surface area contributed by atoms with E-state index in [1.54, 1.807) is 0 Å². The van der Waals surface area contributed by atoms with E-state index in [-0.39, 0.29) is 18.7 Å². The third kappa shape index (κ3) is 6.93. The highest BCUT2D eigenvalue weighted by atomic mass is 35.6. The molecule has 0 atom stereocenters. The van der Waals surface area contributed by atoms with Crippen LogP contribution in [0.25, 0.3) is 0 Å². The number of benzene rings is 1. The Labute approximate surface area is 130 Å². The number of ether oxygens (including phenoxy) is 1. The Kier molecular flexibility index (Phi) is 6.52. The van der Waals surface area contributed by atoms with Gasteiger partial charge in [-0.2, -0.15) is 0 Å². The van der Waals surface area contributed by atoms with E-state index in [4.69, 9.17) is 34.8 Å². The average molecular weight is 343 g/mol. The fourth-order valence-corrected chi connectivity index (χ4v) is 1.42. The predicted octanol–water partition coefficient (Wildman–Crippen LogP) is 3.49. The Bertz CT molecular complexity index is 474. The SMILES string of the molecule is O=C(NCCC(=O)c1ccc(F)cc1)OCC(Cl)(Cl)Cl. The predicted molar refractivity (Wildman–Crippen MR) is 75.0 cm³/mol. The average Bonchev–Trinajstić information content (AvgIpc) is 2.36. The van der Waals surface area contributed by atoms with Crippen LogP contribution in [0.15, 0.2) is 24.3 Å². The first kappa shape index (κ1) is 17.0. The minimum atomic E-state index is -1.68. The Balaban J connectivity index is 2.28. The minimum absolute atomic E-state index is 0.0501. The summed E-state index contributed by atoms with van der Waals surface area (Å²) in [4.78, 5) is 22.9. The third-order valence-electron chi connectivity index (χ3n) is 2.15. The van der Waals surface area contributed by atoms with Crippen molar-refractivity contribution in [1.29, 1.82) is 0 Å². The molecule has 0 aromatic heterocycles. The molecule has 110 valence electrons. The van der Waals surface area contributed by atoms with Gasteiger partial charge in [-0.15, -0.1) is 0 Å². The van der Waals surface area contributed by atoms with E-state index in [1.807, 2.05) is 0 Å². The number of hydrogen-bond acceptors (Lipinski definition) is 3. The number of nitrogens with one attached hydrogen (secondary N) is 1. The molecule has 1 N–H and O–H groups in total. The lowest BCUT2D eigenvalue weighted by Gasteiger charge is -2.11. The maximum atomic E-state index is 12.7. The van der Waals surface area contributed by atoms with Crippen LogP contribution in [0.4, 0.5) is 9.18 Å². The van der Waals surface area contributed by atoms with Gasteiger partial charge in [-0.25, -0.2) is 9.18 Å². The summed E-state index contributed by atoms with van der Waals surface area (Å²) in [6, 6.07) is 5.13. The third-order valence-corrected chi connectivity index (χ3v) is 2.48. The van der Waals surface area contributed by atoms with Crippen molar-refractivity contribution >= 4 is 46.7 Å². The molecule has 0 heterocycles. The van der Waals surface area contributed by atoms with Gasteiger partial charge in [0.2, 0.25) is 3.79 Å². The van der Waals surface area contributed by atoms with Crippen molar-refractivity contribution in [2.24, 2.45) is 0 Å². The standard InChI is InChI=1S/C12H11Cl3FNO3/c13-12(14,15)7-20-11(19)17-6-5-10(18)8-1-3-9(16)4-2-8/h1-4H,5-7H2,(H,17,19). The molecule has 4 nitrogen and oxygen atoms in total. The fraction of sp³-hybridized carbons (Fsp3) is 0.333. The molecule has 1 aromatic carbocycles. The van der Waals surface area contributed by atoms with Crippen LogP contribution >= 0.6 is 34.8 Å². The molecule has 0 saturated heterocycles. The van der Waals surface area contributed by atoms with Gasteiger partial charge in [-0.1, -0.05) is 34.8 Å². The second-order valence-electron chi connectivity index (χ2n) is 3.80. The van der Waals surface area contributed by atoms with E-state index in [2.05, 4.69) is 10.1 Å². The number of halogens is 4. The molecule has 0 fully saturated rings. The summed E-state index contributed by atoms with van der Waals surface area (Å²) in [6.07, 6.45) is -0.739. The molecular weight excluding hydrogens is 331 g/mol. The van der Waals surface area contributed by atoms with E-state index in [0.717, 1.165) is 0 Å². The van der Waals surface area contributed by atoms with Crippen LogP contribution < -0.4 is 5.32 Å². The van der Waals surface area contributed by atoms with Crippen molar-refractivity contribution in [3.63, 3.8) is 0 Å². The summed E-state index contributed by atoms with van der Waals surface area (Å²) in [5, 5.41) is 2.34. The Morgan fingerprint density at radius 3 is 2.35 bits per heavy atom. The normalized spacial score (nSPS) is 11.0. The van der Waals surface area contributed by atoms with Gasteiger partial charge in [0, 0.05) is 18.5 Å². The lowest BCUT2D eigenvalue weighted by atomic mass is 10.1. The number of carbonyl (C=O) groups excluding carboxylic acids is 2. The molecule has 0 unspecified atom stereocenters. The van der Waals surface area contributed by atoms with Crippen LogP contribution in [0, 0.1) is 5.82 Å². The van der Waals surface area contributed by atoms with Gasteiger partial charge in [-0.05, 0) is 24.3 Å². The Morgan fingerprint density at radius 1 is 1.20 bits per heavy atom. The van der Waals surface area contributed by atoms with Gasteiger partial charge in [-0.3, -0.25) is 4.79 Å². The molecule has 0 spiro atoms. The summed E-state index contributed by atoms with van der Waals surface area (Å²) >= 11 is 16.2. The molecule has 1 amide bonds. The van der Waals surface area contributed by atoms with Crippen LogP contribution in [0.3, 0.4) is 0 Å². The number of alkyl halides is 3. The molecule has 0 saturated carbocycles. The van der Waals surface area contributed by atoms with E-state index < -0.39 is 22.3 Å². The Morgan fingerprint density at radius 2 is 1.80 bits per heavy atom. The molecule has 0 aliphatic rings. The first-order chi connectivity index (χ1) is 9.28. The molecule has 0 bridgehead atoms. The molecule has 0 radical (unpaired) electrons. The molecule has 1 aromatic rings. The molecule has 1 rings (SSSR count). The van der Waals surface area contributed by atoms with E-state index in [1.165, 1.54) is 24.3 Å². The molecule has 20 heavy (non-hydrogen) atoms.